The van der Waals surface area contributed by atoms with Crippen LogP contribution in [0.25, 0.3) is 0 Å². The van der Waals surface area contributed by atoms with Crippen LogP contribution in [0.15, 0.2) is 0 Å². The van der Waals surface area contributed by atoms with Gasteiger partial charge in [0.2, 0.25) is 0 Å². The molecule has 2 nitrogen and oxygen atoms in total. The summed E-state index contributed by atoms with van der Waals surface area (Å²) in [6.45, 7) is 9.25. The van der Waals surface area contributed by atoms with Gasteiger partial charge in [-0.1, -0.05) is 27.7 Å². The van der Waals surface area contributed by atoms with Crippen LogP contribution in [0.1, 0.15) is 79.1 Å². The number of rotatable bonds is 3. The molecule has 22 heavy (non-hydrogen) atoms. The lowest BCUT2D eigenvalue weighted by Crippen LogP contribution is -2.41. The molecule has 0 amide bonds. The second-order valence-corrected chi connectivity index (χ2v) is 9.83. The molecule has 4 saturated carbocycles. The predicted octanol–water partition coefficient (Wildman–Crippen LogP) is 4.56. The van der Waals surface area contributed by atoms with Gasteiger partial charge in [-0.15, -0.1) is 0 Å². The summed E-state index contributed by atoms with van der Waals surface area (Å²) >= 11 is 0. The number of carbonyl (C=O) groups excluding carboxylic acids is 2. The number of carbonyl (C=O) groups is 2. The first-order chi connectivity index (χ1) is 10.2. The Morgan fingerprint density at radius 3 is 1.36 bits per heavy atom. The molecule has 4 fully saturated rings. The highest BCUT2D eigenvalue weighted by molar-refractivity contribution is 5.91. The third-order valence-corrected chi connectivity index (χ3v) is 9.26. The van der Waals surface area contributed by atoms with Crippen molar-refractivity contribution in [3.63, 3.8) is 0 Å². The molecule has 0 aromatic carbocycles. The predicted molar refractivity (Wildman–Crippen MR) is 86.4 cm³/mol. The topological polar surface area (TPSA) is 34.1 Å². The number of fused-ring (bicyclic) bond motifs is 4. The molecule has 4 aliphatic rings. The van der Waals surface area contributed by atoms with Crippen molar-refractivity contribution in [2.75, 3.05) is 0 Å². The van der Waals surface area contributed by atoms with E-state index >= 15 is 0 Å². The molecular formula is C20H30O2. The molecule has 0 aromatic rings. The number of ketones is 2. The summed E-state index contributed by atoms with van der Waals surface area (Å²) in [5.41, 5.74) is 0.0436. The zero-order chi connectivity index (χ0) is 16.0. The van der Waals surface area contributed by atoms with E-state index in [1.165, 1.54) is 12.8 Å². The highest BCUT2D eigenvalue weighted by atomic mass is 16.1. The lowest BCUT2D eigenvalue weighted by atomic mass is 9.60. The molecule has 0 aliphatic heterocycles. The molecule has 3 unspecified atom stereocenters. The van der Waals surface area contributed by atoms with Gasteiger partial charge in [-0.25, -0.2) is 0 Å². The van der Waals surface area contributed by atoms with Crippen LogP contribution in [0, 0.1) is 33.5 Å². The van der Waals surface area contributed by atoms with Crippen molar-refractivity contribution in [3.8, 4) is 0 Å². The summed E-state index contributed by atoms with van der Waals surface area (Å²) in [5, 5.41) is 0. The minimum Gasteiger partial charge on any atom is -0.299 e. The first-order valence-corrected chi connectivity index (χ1v) is 9.24. The standard InChI is InChI=1S/C20H30O2/c1-17(2)13-5-7-19(17,15(21)11-13)9-10-20-8-6-14(12-16(20)22)18(20,3)4/h13-14H,5-12H2,1-4H3/t13?,14?,19-,20?/m1/s1. The highest BCUT2D eigenvalue weighted by Crippen LogP contribution is 2.70. The van der Waals surface area contributed by atoms with Crippen LogP contribution in [0.4, 0.5) is 0 Å². The number of hydrogen-bond donors (Lipinski definition) is 0. The van der Waals surface area contributed by atoms with E-state index in [9.17, 15) is 9.59 Å². The van der Waals surface area contributed by atoms with E-state index in [2.05, 4.69) is 27.7 Å². The Morgan fingerprint density at radius 2 is 1.14 bits per heavy atom. The van der Waals surface area contributed by atoms with Crippen LogP contribution in [-0.4, -0.2) is 11.6 Å². The molecule has 0 spiro atoms. The summed E-state index contributed by atoms with van der Waals surface area (Å²) in [6.07, 6.45) is 8.06. The molecular weight excluding hydrogens is 272 g/mol. The van der Waals surface area contributed by atoms with E-state index in [0.29, 0.717) is 23.4 Å². The minimum atomic E-state index is -0.122. The molecule has 0 radical (unpaired) electrons. The summed E-state index contributed by atoms with van der Waals surface area (Å²) in [4.78, 5) is 25.5. The maximum atomic E-state index is 12.7. The smallest absolute Gasteiger partial charge is 0.139 e. The first kappa shape index (κ1) is 14.9. The zero-order valence-corrected chi connectivity index (χ0v) is 14.6. The van der Waals surface area contributed by atoms with Crippen molar-refractivity contribution in [3.05, 3.63) is 0 Å². The van der Waals surface area contributed by atoms with Gasteiger partial charge in [-0.2, -0.15) is 0 Å². The van der Waals surface area contributed by atoms with Gasteiger partial charge >= 0.3 is 0 Å². The molecule has 4 aliphatic carbocycles. The monoisotopic (exact) mass is 302 g/mol. The van der Waals surface area contributed by atoms with E-state index in [1.54, 1.807) is 0 Å². The Kier molecular flexibility index (Phi) is 2.74. The number of hydrogen-bond acceptors (Lipinski definition) is 2. The van der Waals surface area contributed by atoms with Crippen LogP contribution < -0.4 is 0 Å². The lowest BCUT2D eigenvalue weighted by molar-refractivity contribution is -0.135. The third-order valence-electron chi connectivity index (χ3n) is 9.26. The van der Waals surface area contributed by atoms with Crippen LogP contribution >= 0.6 is 0 Å². The second kappa shape index (κ2) is 4.05. The Balaban J connectivity index is 1.63. The molecule has 4 rings (SSSR count). The largest absolute Gasteiger partial charge is 0.299 e. The summed E-state index contributed by atoms with van der Waals surface area (Å²) < 4.78 is 0. The van der Waals surface area contributed by atoms with E-state index < -0.39 is 0 Å². The Bertz CT molecular complexity index is 508. The van der Waals surface area contributed by atoms with E-state index in [-0.39, 0.29) is 21.7 Å². The molecule has 0 heterocycles. The van der Waals surface area contributed by atoms with Crippen molar-refractivity contribution >= 4 is 11.6 Å². The summed E-state index contributed by atoms with van der Waals surface area (Å²) in [6, 6.07) is 0. The minimum absolute atomic E-state index is 0.122. The molecule has 122 valence electrons. The van der Waals surface area contributed by atoms with Crippen molar-refractivity contribution in [1.82, 2.24) is 0 Å². The molecule has 4 bridgehead atoms. The lowest BCUT2D eigenvalue weighted by Gasteiger charge is -2.42. The van der Waals surface area contributed by atoms with Gasteiger partial charge in [0, 0.05) is 23.7 Å². The van der Waals surface area contributed by atoms with Crippen molar-refractivity contribution in [1.29, 1.82) is 0 Å². The van der Waals surface area contributed by atoms with E-state index in [0.717, 1.165) is 38.5 Å². The van der Waals surface area contributed by atoms with E-state index in [1.807, 2.05) is 0 Å². The first-order valence-electron chi connectivity index (χ1n) is 9.24. The van der Waals surface area contributed by atoms with Crippen molar-refractivity contribution < 1.29 is 9.59 Å². The SMILES string of the molecule is CC1(C)C2CCC1(CC[C@]13CCC(CC1=O)C3(C)C)C(=O)C2. The van der Waals surface area contributed by atoms with Crippen LogP contribution in [0.2, 0.25) is 0 Å². The normalized spacial score (nSPS) is 47.6. The van der Waals surface area contributed by atoms with Gasteiger partial charge in [0.15, 0.2) is 0 Å². The Labute approximate surface area is 134 Å². The fourth-order valence-corrected chi connectivity index (χ4v) is 7.14. The van der Waals surface area contributed by atoms with Crippen molar-refractivity contribution in [2.45, 2.75) is 79.1 Å². The molecule has 0 saturated heterocycles. The van der Waals surface area contributed by atoms with Gasteiger partial charge in [0.1, 0.15) is 11.6 Å². The molecule has 0 aromatic heterocycles. The fraction of sp³-hybridized carbons (Fsp3) is 0.900. The van der Waals surface area contributed by atoms with Crippen LogP contribution in [-0.2, 0) is 9.59 Å². The average molecular weight is 302 g/mol. The van der Waals surface area contributed by atoms with E-state index in [4.69, 9.17) is 0 Å². The maximum absolute atomic E-state index is 12.7. The Morgan fingerprint density at radius 1 is 0.773 bits per heavy atom. The fourth-order valence-electron chi connectivity index (χ4n) is 7.14. The summed E-state index contributed by atoms with van der Waals surface area (Å²) in [7, 11) is 0. The van der Waals surface area contributed by atoms with Crippen molar-refractivity contribution in [2.24, 2.45) is 33.5 Å². The molecule has 0 N–H and O–H groups in total. The van der Waals surface area contributed by atoms with Crippen LogP contribution in [0.3, 0.4) is 0 Å². The zero-order valence-electron chi connectivity index (χ0n) is 14.6. The third kappa shape index (κ3) is 1.39. The number of Topliss-reactive ketones (excluding diaryl/α,β-unsaturated/α-hetero) is 2. The maximum Gasteiger partial charge on any atom is 0.139 e. The quantitative estimate of drug-likeness (QED) is 0.766. The average Bonchev–Trinajstić information content (AvgIpc) is 2.97. The van der Waals surface area contributed by atoms with Crippen LogP contribution in [0.5, 0.6) is 0 Å². The van der Waals surface area contributed by atoms with Gasteiger partial charge in [0.25, 0.3) is 0 Å². The Hall–Kier alpha value is -0.660. The second-order valence-electron chi connectivity index (χ2n) is 9.83. The van der Waals surface area contributed by atoms with Gasteiger partial charge in [0.05, 0.1) is 0 Å². The molecule has 4 atom stereocenters. The highest BCUT2D eigenvalue weighted by Gasteiger charge is 2.67. The van der Waals surface area contributed by atoms with Gasteiger partial charge < -0.3 is 0 Å². The van der Waals surface area contributed by atoms with Gasteiger partial charge in [-0.05, 0) is 61.2 Å². The van der Waals surface area contributed by atoms with Gasteiger partial charge in [-0.3, -0.25) is 9.59 Å². The summed E-state index contributed by atoms with van der Waals surface area (Å²) in [5.74, 6) is 2.17. The molecule has 2 heteroatoms.